The van der Waals surface area contributed by atoms with Gasteiger partial charge in [-0.2, -0.15) is 0 Å². The number of carboxylic acid groups (broad SMARTS) is 1. The highest BCUT2D eigenvalue weighted by atomic mass is 16.5. The first-order valence-corrected chi connectivity index (χ1v) is 8.83. The topological polar surface area (TPSA) is 66.8 Å². The average molecular weight is 331 g/mol. The van der Waals surface area contributed by atoms with E-state index in [1.165, 1.54) is 0 Å². The van der Waals surface area contributed by atoms with Crippen molar-refractivity contribution in [3.8, 4) is 0 Å². The van der Waals surface area contributed by atoms with Gasteiger partial charge >= 0.3 is 5.97 Å². The number of nitrogens with zero attached hydrogens (tertiary/aromatic N) is 1. The molecule has 1 heterocycles. The Morgan fingerprint density at radius 3 is 2.71 bits per heavy atom. The van der Waals surface area contributed by atoms with Gasteiger partial charge in [0.15, 0.2) is 0 Å². The smallest absolute Gasteiger partial charge is 0.313 e. The van der Waals surface area contributed by atoms with E-state index in [0.717, 1.165) is 32.1 Å². The zero-order chi connectivity index (χ0) is 17.2. The van der Waals surface area contributed by atoms with Crippen LogP contribution in [0.3, 0.4) is 0 Å². The second-order valence-electron chi connectivity index (χ2n) is 6.68. The van der Waals surface area contributed by atoms with Crippen LogP contribution in [-0.4, -0.2) is 47.2 Å². The summed E-state index contributed by atoms with van der Waals surface area (Å²) in [6, 6.07) is 7.20. The Bertz CT molecular complexity index is 622. The zero-order valence-electron chi connectivity index (χ0n) is 14.2. The highest BCUT2D eigenvalue weighted by molar-refractivity contribution is 6.01. The molecule has 1 amide bonds. The molecule has 1 fully saturated rings. The number of carbonyl (C=O) groups is 2. The Morgan fingerprint density at radius 1 is 1.33 bits per heavy atom. The highest BCUT2D eigenvalue weighted by Gasteiger charge is 2.55. The molecule has 1 atom stereocenters. The van der Waals surface area contributed by atoms with Crippen molar-refractivity contribution < 1.29 is 19.4 Å². The van der Waals surface area contributed by atoms with E-state index in [2.05, 4.69) is 0 Å². The number of rotatable bonds is 6. The van der Waals surface area contributed by atoms with Gasteiger partial charge in [0, 0.05) is 25.3 Å². The number of ether oxygens (including phenoxy) is 1. The van der Waals surface area contributed by atoms with E-state index < -0.39 is 17.4 Å². The largest absolute Gasteiger partial charge is 0.481 e. The zero-order valence-corrected chi connectivity index (χ0v) is 14.2. The number of aliphatic carboxylic acids is 1. The minimum absolute atomic E-state index is 0.0264. The molecular formula is C19H25NO4. The second-order valence-corrected chi connectivity index (χ2v) is 6.68. The number of benzene rings is 1. The molecule has 5 nitrogen and oxygen atoms in total. The van der Waals surface area contributed by atoms with Crippen molar-refractivity contribution in [2.75, 3.05) is 19.8 Å². The number of amides is 1. The lowest BCUT2D eigenvalue weighted by Crippen LogP contribution is -2.59. The van der Waals surface area contributed by atoms with Gasteiger partial charge in [-0.25, -0.2) is 0 Å². The summed E-state index contributed by atoms with van der Waals surface area (Å²) >= 11 is 0. The molecular weight excluding hydrogens is 306 g/mol. The molecule has 1 aliphatic carbocycles. The van der Waals surface area contributed by atoms with Crippen molar-refractivity contribution in [2.45, 2.75) is 50.5 Å². The van der Waals surface area contributed by atoms with Gasteiger partial charge in [-0.05, 0) is 37.8 Å². The maximum absolute atomic E-state index is 13.1. The van der Waals surface area contributed by atoms with E-state index in [1.54, 1.807) is 12.1 Å². The van der Waals surface area contributed by atoms with Crippen molar-refractivity contribution in [2.24, 2.45) is 0 Å². The number of carbonyl (C=O) groups excluding carboxylic acids is 1. The monoisotopic (exact) mass is 331 g/mol. The van der Waals surface area contributed by atoms with E-state index >= 15 is 0 Å². The van der Waals surface area contributed by atoms with Gasteiger partial charge in [0.25, 0.3) is 5.91 Å². The summed E-state index contributed by atoms with van der Waals surface area (Å²) < 4.78 is 5.40. The summed E-state index contributed by atoms with van der Waals surface area (Å²) in [5, 5.41) is 9.96. The number of hydrogen-bond donors (Lipinski definition) is 1. The van der Waals surface area contributed by atoms with Gasteiger partial charge in [0.1, 0.15) is 5.92 Å². The van der Waals surface area contributed by atoms with Crippen LogP contribution in [0.4, 0.5) is 0 Å². The normalized spacial score (nSPS) is 22.0. The molecule has 0 aromatic heterocycles. The maximum atomic E-state index is 13.1. The number of carboxylic acids is 1. The van der Waals surface area contributed by atoms with Crippen molar-refractivity contribution in [3.05, 3.63) is 35.4 Å². The Hall–Kier alpha value is -1.88. The van der Waals surface area contributed by atoms with Crippen LogP contribution in [0.5, 0.6) is 0 Å². The molecule has 24 heavy (non-hydrogen) atoms. The molecule has 0 saturated heterocycles. The van der Waals surface area contributed by atoms with Crippen LogP contribution in [0.25, 0.3) is 0 Å². The Morgan fingerprint density at radius 2 is 2.04 bits per heavy atom. The minimum atomic E-state index is -0.827. The fourth-order valence-electron chi connectivity index (χ4n) is 4.44. The molecule has 3 rings (SSSR count). The lowest BCUT2D eigenvalue weighted by atomic mass is 9.71. The van der Waals surface area contributed by atoms with Crippen LogP contribution in [0.15, 0.2) is 24.3 Å². The summed E-state index contributed by atoms with van der Waals surface area (Å²) in [6.07, 6.45) is 4.20. The average Bonchev–Trinajstić information content (AvgIpc) is 3.03. The van der Waals surface area contributed by atoms with Gasteiger partial charge in [-0.15, -0.1) is 0 Å². The summed E-state index contributed by atoms with van der Waals surface area (Å²) in [4.78, 5) is 27.1. The molecule has 1 aliphatic heterocycles. The Labute approximate surface area is 142 Å². The van der Waals surface area contributed by atoms with Gasteiger partial charge < -0.3 is 14.7 Å². The van der Waals surface area contributed by atoms with Gasteiger partial charge in [-0.3, -0.25) is 9.59 Å². The fraction of sp³-hybridized carbons (Fsp3) is 0.579. The maximum Gasteiger partial charge on any atom is 0.313 e. The van der Waals surface area contributed by atoms with Crippen LogP contribution in [0, 0.1) is 0 Å². The van der Waals surface area contributed by atoms with E-state index in [0.29, 0.717) is 30.9 Å². The molecule has 1 spiro atoms. The van der Waals surface area contributed by atoms with Gasteiger partial charge in [-0.1, -0.05) is 31.0 Å². The van der Waals surface area contributed by atoms with Crippen molar-refractivity contribution in [1.82, 2.24) is 4.90 Å². The summed E-state index contributed by atoms with van der Waals surface area (Å²) in [6.45, 7) is 3.74. The van der Waals surface area contributed by atoms with Crippen LogP contribution >= 0.6 is 0 Å². The summed E-state index contributed by atoms with van der Waals surface area (Å²) in [7, 11) is 0. The van der Waals surface area contributed by atoms with Crippen LogP contribution < -0.4 is 0 Å². The van der Waals surface area contributed by atoms with E-state index in [1.807, 2.05) is 24.0 Å². The predicted molar refractivity (Wildman–Crippen MR) is 90.2 cm³/mol. The summed E-state index contributed by atoms with van der Waals surface area (Å²) in [5.41, 5.74) is 0.639. The van der Waals surface area contributed by atoms with Crippen molar-refractivity contribution in [1.29, 1.82) is 0 Å². The first-order valence-electron chi connectivity index (χ1n) is 8.83. The molecule has 1 N–H and O–H groups in total. The SMILES string of the molecule is CCOCCCN1C(=O)c2ccccc2C(C(=O)O)C12CCCC2. The molecule has 0 radical (unpaired) electrons. The molecule has 0 bridgehead atoms. The lowest BCUT2D eigenvalue weighted by Gasteiger charge is -2.49. The quantitative estimate of drug-likeness (QED) is 0.814. The van der Waals surface area contributed by atoms with Crippen LogP contribution in [0.2, 0.25) is 0 Å². The minimum Gasteiger partial charge on any atom is -0.481 e. The third kappa shape index (κ3) is 2.71. The number of fused-ring (bicyclic) bond motifs is 1. The van der Waals surface area contributed by atoms with Crippen LogP contribution in [0.1, 0.15) is 60.9 Å². The second kappa shape index (κ2) is 6.93. The Kier molecular flexibility index (Phi) is 4.90. The predicted octanol–water partition coefficient (Wildman–Crippen LogP) is 3.05. The molecule has 1 aromatic carbocycles. The molecule has 130 valence electrons. The third-order valence-corrected chi connectivity index (χ3v) is 5.41. The van der Waals surface area contributed by atoms with Crippen LogP contribution in [-0.2, 0) is 9.53 Å². The van der Waals surface area contributed by atoms with E-state index in [-0.39, 0.29) is 5.91 Å². The van der Waals surface area contributed by atoms with Crippen molar-refractivity contribution in [3.63, 3.8) is 0 Å². The molecule has 5 heteroatoms. The standard InChI is InChI=1S/C19H25NO4/c1-2-24-13-7-12-20-17(21)15-9-4-3-8-14(15)16(18(22)23)19(20)10-5-6-11-19/h3-4,8-9,16H,2,5-7,10-13H2,1H3,(H,22,23). The summed E-state index contributed by atoms with van der Waals surface area (Å²) in [5.74, 6) is -1.49. The molecule has 1 aromatic rings. The first-order chi connectivity index (χ1) is 11.6. The molecule has 2 aliphatic rings. The van der Waals surface area contributed by atoms with Gasteiger partial charge in [0.05, 0.1) is 5.54 Å². The van der Waals surface area contributed by atoms with Gasteiger partial charge in [0.2, 0.25) is 0 Å². The van der Waals surface area contributed by atoms with E-state index in [4.69, 9.17) is 4.74 Å². The lowest BCUT2D eigenvalue weighted by molar-refractivity contribution is -0.143. The fourth-order valence-corrected chi connectivity index (χ4v) is 4.44. The van der Waals surface area contributed by atoms with Crippen molar-refractivity contribution >= 4 is 11.9 Å². The van der Waals surface area contributed by atoms with E-state index in [9.17, 15) is 14.7 Å². The molecule has 1 unspecified atom stereocenters. The Balaban J connectivity index is 2.00. The molecule has 1 saturated carbocycles. The third-order valence-electron chi connectivity index (χ3n) is 5.41. The first kappa shape index (κ1) is 17.0. The highest BCUT2D eigenvalue weighted by Crippen LogP contribution is 2.50. The number of hydrogen-bond acceptors (Lipinski definition) is 3.